The van der Waals surface area contributed by atoms with Gasteiger partial charge in [0.05, 0.1) is 5.54 Å². The zero-order chi connectivity index (χ0) is 34.7. The molecule has 3 aliphatic heterocycles. The quantitative estimate of drug-likeness (QED) is 0.174. The maximum atomic E-state index is 2.85. The highest BCUT2D eigenvalue weighted by Crippen LogP contribution is 2.62. The molecule has 3 heterocycles. The van der Waals surface area contributed by atoms with Gasteiger partial charge in [-0.1, -0.05) is 144 Å². The minimum absolute atomic E-state index is 0.00720. The summed E-state index contributed by atoms with van der Waals surface area (Å²) in [6.45, 7) is 12.4. The Kier molecular flexibility index (Phi) is 6.49. The third-order valence-electron chi connectivity index (χ3n) is 13.2. The molecule has 2 nitrogen and oxygen atoms in total. The van der Waals surface area contributed by atoms with Crippen molar-refractivity contribution in [3.8, 4) is 22.3 Å². The lowest BCUT2D eigenvalue weighted by molar-refractivity contribution is 0.195. The van der Waals surface area contributed by atoms with Crippen LogP contribution in [0, 0.1) is 0 Å². The maximum absolute atomic E-state index is 2.85. The van der Waals surface area contributed by atoms with E-state index < -0.39 is 0 Å². The van der Waals surface area contributed by atoms with Gasteiger partial charge in [-0.25, -0.2) is 0 Å². The third kappa shape index (κ3) is 4.24. The van der Waals surface area contributed by atoms with E-state index in [1.165, 1.54) is 98.3 Å². The second-order valence-corrected chi connectivity index (χ2v) is 16.9. The number of para-hydroxylation sites is 1. The van der Waals surface area contributed by atoms with Crippen molar-refractivity contribution in [2.75, 3.05) is 9.80 Å². The largest absolute Gasteiger partial charge is 0.335 e. The van der Waals surface area contributed by atoms with E-state index in [1.807, 2.05) is 0 Å². The molecule has 2 unspecified atom stereocenters. The third-order valence-corrected chi connectivity index (χ3v) is 13.2. The van der Waals surface area contributed by atoms with Crippen molar-refractivity contribution in [3.63, 3.8) is 0 Å². The first-order valence-corrected chi connectivity index (χ1v) is 18.9. The Morgan fingerprint density at radius 1 is 0.569 bits per heavy atom. The molecule has 3 heteroatoms. The van der Waals surface area contributed by atoms with Gasteiger partial charge in [0.15, 0.2) is 0 Å². The summed E-state index contributed by atoms with van der Waals surface area (Å²) in [6, 6.07) is 50.5. The first kappa shape index (κ1) is 30.8. The fourth-order valence-electron chi connectivity index (χ4n) is 10.2. The van der Waals surface area contributed by atoms with E-state index >= 15 is 0 Å². The number of benzene rings is 6. The van der Waals surface area contributed by atoms with Crippen molar-refractivity contribution in [1.82, 2.24) is 0 Å². The summed E-state index contributed by atoms with van der Waals surface area (Å²) in [5, 5.41) is 0. The molecule has 6 aromatic rings. The molecule has 1 fully saturated rings. The van der Waals surface area contributed by atoms with Crippen LogP contribution in [0.2, 0.25) is 0 Å². The molecule has 10 rings (SSSR count). The van der Waals surface area contributed by atoms with Crippen LogP contribution in [0.5, 0.6) is 0 Å². The summed E-state index contributed by atoms with van der Waals surface area (Å²) in [6.07, 6.45) is 5.01. The van der Waals surface area contributed by atoms with Crippen molar-refractivity contribution >= 4 is 51.5 Å². The topological polar surface area (TPSA) is 6.48 Å². The van der Waals surface area contributed by atoms with E-state index in [4.69, 9.17) is 0 Å². The molecule has 0 aromatic heterocycles. The fraction of sp³-hybridized carbons (Fsp3) is 0.250. The molecule has 250 valence electrons. The van der Waals surface area contributed by atoms with Crippen LogP contribution in [0.3, 0.4) is 0 Å². The summed E-state index contributed by atoms with van der Waals surface area (Å²) in [4.78, 5) is 5.43. The molecule has 2 atom stereocenters. The normalized spacial score (nSPS) is 21.2. The summed E-state index contributed by atoms with van der Waals surface area (Å²) < 4.78 is 0. The van der Waals surface area contributed by atoms with Gasteiger partial charge in [0.1, 0.15) is 0 Å². The predicted octanol–water partition coefficient (Wildman–Crippen LogP) is 10.7. The summed E-state index contributed by atoms with van der Waals surface area (Å²) in [5.74, 6) is 0. The Morgan fingerprint density at radius 3 is 1.90 bits per heavy atom. The molecule has 1 aliphatic carbocycles. The summed E-state index contributed by atoms with van der Waals surface area (Å²) in [5.41, 5.74) is 19.0. The Bertz CT molecular complexity index is 2340. The Morgan fingerprint density at radius 2 is 1.20 bits per heavy atom. The first-order chi connectivity index (χ1) is 24.7. The standard InChI is InChI=1S/C48H45BN2/c1-46(2,3)36-30-42-44-43(31-36)51-45-38(47(4)27-12-13-28-48(47,51)5)19-14-20-39(45)49(44)40-29-35(33-17-10-7-11-18-33)23-26-41(40)50(42)37-24-21-34(22-25-37)32-15-8-6-9-16-32/h6-11,14-26,29-31H,12-13,27-28H2,1-5H3. The highest BCUT2D eigenvalue weighted by Gasteiger charge is 2.61. The second-order valence-electron chi connectivity index (χ2n) is 16.9. The lowest BCUT2D eigenvalue weighted by Gasteiger charge is -2.53. The van der Waals surface area contributed by atoms with Gasteiger partial charge in [-0.3, -0.25) is 0 Å². The average molecular weight is 661 g/mol. The lowest BCUT2D eigenvalue weighted by atomic mass is 9.33. The van der Waals surface area contributed by atoms with Crippen LogP contribution >= 0.6 is 0 Å². The van der Waals surface area contributed by atoms with Gasteiger partial charge in [-0.15, -0.1) is 0 Å². The van der Waals surface area contributed by atoms with Gasteiger partial charge >= 0.3 is 0 Å². The van der Waals surface area contributed by atoms with E-state index in [-0.39, 0.29) is 23.1 Å². The van der Waals surface area contributed by atoms with Crippen molar-refractivity contribution in [3.05, 3.63) is 145 Å². The number of anilines is 5. The molecule has 0 amide bonds. The van der Waals surface area contributed by atoms with Crippen molar-refractivity contribution in [2.45, 2.75) is 76.7 Å². The van der Waals surface area contributed by atoms with E-state index in [0.29, 0.717) is 0 Å². The zero-order valence-corrected chi connectivity index (χ0v) is 30.5. The van der Waals surface area contributed by atoms with Crippen molar-refractivity contribution in [2.24, 2.45) is 0 Å². The van der Waals surface area contributed by atoms with Crippen molar-refractivity contribution in [1.29, 1.82) is 0 Å². The fourth-order valence-corrected chi connectivity index (χ4v) is 10.2. The number of hydrogen-bond donors (Lipinski definition) is 0. The molecular weight excluding hydrogens is 615 g/mol. The van der Waals surface area contributed by atoms with E-state index in [9.17, 15) is 0 Å². The summed E-state index contributed by atoms with van der Waals surface area (Å²) in [7, 11) is 0. The molecular formula is C48H45BN2. The maximum Gasteiger partial charge on any atom is 0.252 e. The highest BCUT2D eigenvalue weighted by molar-refractivity contribution is 7.00. The average Bonchev–Trinajstić information content (AvgIpc) is 3.37. The van der Waals surface area contributed by atoms with Crippen molar-refractivity contribution < 1.29 is 0 Å². The van der Waals surface area contributed by atoms with Crippen LogP contribution < -0.4 is 26.2 Å². The zero-order valence-electron chi connectivity index (χ0n) is 30.5. The molecule has 4 aliphatic rings. The van der Waals surface area contributed by atoms with E-state index in [1.54, 1.807) is 5.56 Å². The molecule has 0 N–H and O–H groups in total. The minimum Gasteiger partial charge on any atom is -0.335 e. The van der Waals surface area contributed by atoms with Crippen LogP contribution in [0.25, 0.3) is 22.3 Å². The van der Waals surface area contributed by atoms with E-state index in [0.717, 1.165) is 0 Å². The number of rotatable bonds is 3. The minimum atomic E-state index is -0.0163. The van der Waals surface area contributed by atoms with Gasteiger partial charge in [-0.05, 0) is 105 Å². The lowest BCUT2D eigenvalue weighted by Crippen LogP contribution is -2.64. The van der Waals surface area contributed by atoms with Gasteiger partial charge in [0.25, 0.3) is 6.71 Å². The molecule has 6 aromatic carbocycles. The van der Waals surface area contributed by atoms with Crippen LogP contribution in [0.1, 0.15) is 71.4 Å². The highest BCUT2D eigenvalue weighted by atomic mass is 15.3. The van der Waals surface area contributed by atoms with E-state index in [2.05, 4.69) is 178 Å². The first-order valence-electron chi connectivity index (χ1n) is 18.9. The number of fused-ring (bicyclic) bond motifs is 7. The van der Waals surface area contributed by atoms with Gasteiger partial charge in [0, 0.05) is 33.9 Å². The number of nitrogens with zero attached hydrogens (tertiary/aromatic N) is 2. The smallest absolute Gasteiger partial charge is 0.252 e. The molecule has 0 bridgehead atoms. The number of hydrogen-bond acceptors (Lipinski definition) is 2. The van der Waals surface area contributed by atoms with Gasteiger partial charge in [0.2, 0.25) is 0 Å². The second kappa shape index (κ2) is 10.7. The van der Waals surface area contributed by atoms with Crippen LogP contribution in [-0.2, 0) is 10.8 Å². The predicted molar refractivity (Wildman–Crippen MR) is 218 cm³/mol. The monoisotopic (exact) mass is 660 g/mol. The van der Waals surface area contributed by atoms with Gasteiger partial charge in [-0.2, -0.15) is 0 Å². The van der Waals surface area contributed by atoms with Gasteiger partial charge < -0.3 is 9.80 Å². The van der Waals surface area contributed by atoms with Crippen LogP contribution in [-0.4, -0.2) is 12.3 Å². The van der Waals surface area contributed by atoms with Crippen LogP contribution in [0.15, 0.2) is 133 Å². The SMILES string of the molecule is CC(C)(C)c1cc2c3c(c1)N1c4c(cccc4C4(C)CCCCC14C)B3c1cc(-c3ccccc3)ccc1N2c1ccc(-c2ccccc2)cc1. The molecule has 0 spiro atoms. The Hall–Kier alpha value is -5.02. The molecule has 1 saturated carbocycles. The molecule has 0 radical (unpaired) electrons. The molecule has 51 heavy (non-hydrogen) atoms. The molecule has 0 saturated heterocycles. The Balaban J connectivity index is 1.29. The summed E-state index contributed by atoms with van der Waals surface area (Å²) >= 11 is 0. The van der Waals surface area contributed by atoms with Crippen LogP contribution in [0.4, 0.5) is 28.4 Å². The Labute approximate surface area is 303 Å².